The minimum atomic E-state index is 0.623. The minimum absolute atomic E-state index is 0.623. The largest absolute Gasteiger partial charge is 0.310 e. The highest BCUT2D eigenvalue weighted by Gasteiger charge is 2.27. The van der Waals surface area contributed by atoms with Crippen LogP contribution in [0.3, 0.4) is 0 Å². The predicted octanol–water partition coefficient (Wildman–Crippen LogP) is 30.8. The number of fused-ring (bicyclic) bond motifs is 12. The van der Waals surface area contributed by atoms with E-state index in [1.54, 1.807) is 0 Å². The Morgan fingerprint density at radius 2 is 0.406 bits per heavy atom. The normalized spacial score (nSPS) is 11.4. The van der Waals surface area contributed by atoms with E-state index < -0.39 is 0 Å². The van der Waals surface area contributed by atoms with E-state index in [9.17, 15) is 0 Å². The zero-order valence-electron chi connectivity index (χ0n) is 69.5. The van der Waals surface area contributed by atoms with Gasteiger partial charge in [-0.3, -0.25) is 0 Å². The number of nitrogens with zero attached hydrogens (tertiary/aromatic N) is 10. The first-order valence-corrected chi connectivity index (χ1v) is 43.2. The Hall–Kier alpha value is -17.3. The molecule has 0 aliphatic rings. The lowest BCUT2D eigenvalue weighted by Crippen LogP contribution is -2.10. The van der Waals surface area contributed by atoms with Crippen LogP contribution < -0.4 is 9.80 Å². The van der Waals surface area contributed by atoms with E-state index in [1.807, 2.05) is 72.8 Å². The number of rotatable bonds is 16. The first kappa shape index (κ1) is 75.6. The molecule has 4 heterocycles. The summed E-state index contributed by atoms with van der Waals surface area (Å²) in [5.41, 5.74) is 23.3. The molecule has 0 saturated heterocycles. The first-order chi connectivity index (χ1) is 63.5. The maximum atomic E-state index is 5.23. The molecule has 0 amide bonds. The van der Waals surface area contributed by atoms with E-state index in [4.69, 9.17) is 29.9 Å². The summed E-state index contributed by atoms with van der Waals surface area (Å²) in [6.07, 6.45) is 0. The lowest BCUT2D eigenvalue weighted by molar-refractivity contribution is 1.08. The topological polar surface area (TPSA) is 93.7 Å². The maximum absolute atomic E-state index is 5.23. The molecule has 24 rings (SSSR count). The third kappa shape index (κ3) is 14.1. The number of aromatic nitrogens is 8. The van der Waals surface area contributed by atoms with Crippen LogP contribution in [0.2, 0.25) is 0 Å². The summed E-state index contributed by atoms with van der Waals surface area (Å²) in [6, 6.07) is 167. The van der Waals surface area contributed by atoms with Crippen molar-refractivity contribution in [1.29, 1.82) is 0 Å². The maximum Gasteiger partial charge on any atom is 0.164 e. The van der Waals surface area contributed by atoms with Gasteiger partial charge in [0, 0.05) is 100 Å². The molecule has 10 nitrogen and oxygen atoms in total. The Balaban J connectivity index is 0.000000146. The number of hydrogen-bond acceptors (Lipinski definition) is 8. The van der Waals surface area contributed by atoms with Crippen molar-refractivity contribution in [3.63, 3.8) is 0 Å². The monoisotopic (exact) mass is 1630 g/mol. The van der Waals surface area contributed by atoms with Crippen molar-refractivity contribution in [2.75, 3.05) is 9.80 Å². The summed E-state index contributed by atoms with van der Waals surface area (Å²) in [4.78, 5) is 35.7. The van der Waals surface area contributed by atoms with Crippen LogP contribution in [0.4, 0.5) is 34.1 Å². The SMILES string of the molecule is c1ccc(-c2ccc(N(c3ccc4ccccc4c3)c3ccc4c(c3)c3c5ccccc5c(-c5nc(-c6ccccc6)nc(-c6ccccc6)n5)cc3n4-c3ccccc3)cc2)cc1.c1ccc(-c2ccc(N(c3ccc4ccccc4c3)c3ccc4c(c3)c3c5ccccc5c(-c5nc(-c6ccccc6)nc(-c6ccccc6)n5)cc3n4-c3ccccc3)cc2)cc1. The second-order valence-corrected chi connectivity index (χ2v) is 32.1. The van der Waals surface area contributed by atoms with E-state index in [1.165, 1.54) is 54.6 Å². The number of para-hydroxylation sites is 2. The van der Waals surface area contributed by atoms with E-state index in [2.05, 4.69) is 419 Å². The lowest BCUT2D eigenvalue weighted by Gasteiger charge is -2.26. The van der Waals surface area contributed by atoms with Crippen LogP contribution in [0, 0.1) is 0 Å². The summed E-state index contributed by atoms with van der Waals surface area (Å²) >= 11 is 0. The fourth-order valence-electron chi connectivity index (χ4n) is 18.3. The average molecular weight is 1640 g/mol. The highest BCUT2D eigenvalue weighted by Crippen LogP contribution is 2.49. The number of hydrogen-bond donors (Lipinski definition) is 0. The molecule has 0 fully saturated rings. The van der Waals surface area contributed by atoms with Gasteiger partial charge in [0.15, 0.2) is 34.9 Å². The van der Waals surface area contributed by atoms with Crippen molar-refractivity contribution in [2.24, 2.45) is 0 Å². The van der Waals surface area contributed by atoms with Gasteiger partial charge in [-0.2, -0.15) is 0 Å². The Morgan fingerprint density at radius 3 is 0.742 bits per heavy atom. The summed E-state index contributed by atoms with van der Waals surface area (Å²) in [7, 11) is 0. The molecule has 0 saturated carbocycles. The van der Waals surface area contributed by atoms with Crippen molar-refractivity contribution in [3.8, 4) is 102 Å². The van der Waals surface area contributed by atoms with E-state index in [-0.39, 0.29) is 0 Å². The standard InChI is InChI=1S/2C59H39N5/c2*1-5-17-40(18-6-1)42-29-32-47(33-30-42)63(48-34-31-41-19-13-14-24-45(41)37-48)49-35-36-54-53(38-49)56-51-28-16-15-27-50(51)52(39-55(56)64(54)46-25-11-4-12-26-46)59-61-57(43-20-7-2-8-21-43)60-58(62-59)44-22-9-3-10-23-44/h2*1-39H. The molecular weight excluding hydrogens is 1560 g/mol. The quantitative estimate of drug-likeness (QED) is 0.0944. The fourth-order valence-corrected chi connectivity index (χ4v) is 18.3. The zero-order chi connectivity index (χ0) is 84.8. The highest BCUT2D eigenvalue weighted by atomic mass is 15.2. The van der Waals surface area contributed by atoms with Gasteiger partial charge in [0.05, 0.1) is 22.1 Å². The number of anilines is 6. The third-order valence-corrected chi connectivity index (χ3v) is 24.4. The molecule has 0 N–H and O–H groups in total. The van der Waals surface area contributed by atoms with Crippen molar-refractivity contribution in [3.05, 3.63) is 473 Å². The zero-order valence-corrected chi connectivity index (χ0v) is 69.5. The Morgan fingerprint density at radius 1 is 0.156 bits per heavy atom. The Kier molecular flexibility index (Phi) is 19.4. The van der Waals surface area contributed by atoms with Gasteiger partial charge in [-0.15, -0.1) is 0 Å². The first-order valence-electron chi connectivity index (χ1n) is 43.2. The molecule has 0 atom stereocenters. The molecule has 600 valence electrons. The van der Waals surface area contributed by atoms with Crippen molar-refractivity contribution in [1.82, 2.24) is 39.0 Å². The van der Waals surface area contributed by atoms with Crippen LogP contribution in [0.15, 0.2) is 473 Å². The second kappa shape index (κ2) is 32.8. The molecule has 0 aliphatic carbocycles. The van der Waals surface area contributed by atoms with Crippen LogP contribution in [-0.4, -0.2) is 39.0 Å². The molecule has 0 bridgehead atoms. The summed E-state index contributed by atoms with van der Waals surface area (Å²) in [6.45, 7) is 0. The van der Waals surface area contributed by atoms with Gasteiger partial charge in [-0.1, -0.05) is 352 Å². The molecule has 0 radical (unpaired) electrons. The van der Waals surface area contributed by atoms with Crippen LogP contribution in [-0.2, 0) is 0 Å². The lowest BCUT2D eigenvalue weighted by atomic mass is 9.98. The van der Waals surface area contributed by atoms with Gasteiger partial charge in [0.2, 0.25) is 0 Å². The molecule has 24 aromatic rings. The van der Waals surface area contributed by atoms with Gasteiger partial charge in [-0.05, 0) is 187 Å². The van der Waals surface area contributed by atoms with Crippen LogP contribution in [0.25, 0.3) is 189 Å². The summed E-state index contributed by atoms with van der Waals surface area (Å²) in [5.74, 6) is 3.77. The van der Waals surface area contributed by atoms with Gasteiger partial charge in [0.25, 0.3) is 0 Å². The van der Waals surface area contributed by atoms with Crippen LogP contribution in [0.1, 0.15) is 0 Å². The van der Waals surface area contributed by atoms with Crippen LogP contribution >= 0.6 is 0 Å². The smallest absolute Gasteiger partial charge is 0.164 e. The summed E-state index contributed by atoms with van der Waals surface area (Å²) < 4.78 is 4.77. The average Bonchev–Trinajstić information content (AvgIpc) is 1.56. The Labute approximate surface area is 739 Å². The molecule has 4 aromatic heterocycles. The second-order valence-electron chi connectivity index (χ2n) is 32.1. The molecule has 0 unspecified atom stereocenters. The number of benzene rings is 20. The van der Waals surface area contributed by atoms with Crippen molar-refractivity contribution in [2.45, 2.75) is 0 Å². The molecular formula is C118H78N10. The van der Waals surface area contributed by atoms with Gasteiger partial charge in [-0.25, -0.2) is 29.9 Å². The minimum Gasteiger partial charge on any atom is -0.310 e. The van der Waals surface area contributed by atoms with Gasteiger partial charge < -0.3 is 18.9 Å². The third-order valence-electron chi connectivity index (χ3n) is 24.4. The fraction of sp³-hybridized carbons (Fsp3) is 0. The predicted molar refractivity (Wildman–Crippen MR) is 531 cm³/mol. The van der Waals surface area contributed by atoms with Crippen molar-refractivity contribution >= 4 is 121 Å². The molecule has 0 spiro atoms. The molecule has 10 heteroatoms. The molecule has 0 aliphatic heterocycles. The van der Waals surface area contributed by atoms with E-state index >= 15 is 0 Å². The van der Waals surface area contributed by atoms with Gasteiger partial charge >= 0.3 is 0 Å². The van der Waals surface area contributed by atoms with E-state index in [0.29, 0.717) is 34.9 Å². The van der Waals surface area contributed by atoms with Crippen molar-refractivity contribution < 1.29 is 0 Å². The van der Waals surface area contributed by atoms with Crippen LogP contribution in [0.5, 0.6) is 0 Å². The van der Waals surface area contributed by atoms with Gasteiger partial charge in [0.1, 0.15) is 0 Å². The van der Waals surface area contributed by atoms with E-state index in [0.717, 1.165) is 133 Å². The highest BCUT2D eigenvalue weighted by molar-refractivity contribution is 6.26. The molecule has 128 heavy (non-hydrogen) atoms. The Bertz CT molecular complexity index is 7660. The summed E-state index contributed by atoms with van der Waals surface area (Å²) in [5, 5.41) is 13.8. The molecule has 20 aromatic carbocycles.